The number of sulfonamides is 1. The van der Waals surface area contributed by atoms with Gasteiger partial charge in [-0.15, -0.1) is 13.2 Å². The number of ether oxygens (including phenoxy) is 2. The van der Waals surface area contributed by atoms with Gasteiger partial charge < -0.3 is 9.47 Å². The van der Waals surface area contributed by atoms with Gasteiger partial charge in [0.05, 0.1) is 17.0 Å². The second kappa shape index (κ2) is 7.95. The first-order valence-electron chi connectivity index (χ1n) is 8.40. The largest absolute Gasteiger partial charge is 0.573 e. The van der Waals surface area contributed by atoms with Crippen LogP contribution in [0.25, 0.3) is 0 Å². The van der Waals surface area contributed by atoms with Crippen LogP contribution in [0, 0.1) is 0 Å². The predicted molar refractivity (Wildman–Crippen MR) is 90.2 cm³/mol. The minimum atomic E-state index is -4.91. The van der Waals surface area contributed by atoms with Crippen molar-refractivity contribution in [3.05, 3.63) is 48.2 Å². The van der Waals surface area contributed by atoms with E-state index in [2.05, 4.69) is 9.72 Å². The highest BCUT2D eigenvalue weighted by molar-refractivity contribution is 7.89. The first-order valence-corrected chi connectivity index (χ1v) is 9.84. The zero-order valence-electron chi connectivity index (χ0n) is 14.9. The summed E-state index contributed by atoms with van der Waals surface area (Å²) < 4.78 is 110. The number of nitrogens with zero attached hydrogens (tertiary/aromatic N) is 2. The van der Waals surface area contributed by atoms with E-state index >= 15 is 0 Å². The quantitative estimate of drug-likeness (QED) is 0.640. The number of rotatable bonds is 5. The molecule has 6 nitrogen and oxygen atoms in total. The van der Waals surface area contributed by atoms with Crippen LogP contribution in [0.5, 0.6) is 11.6 Å². The van der Waals surface area contributed by atoms with Crippen LogP contribution in [0.1, 0.15) is 12.0 Å². The van der Waals surface area contributed by atoms with Crippen molar-refractivity contribution in [3.8, 4) is 11.6 Å². The van der Waals surface area contributed by atoms with E-state index in [1.807, 2.05) is 0 Å². The second-order valence-corrected chi connectivity index (χ2v) is 8.23. The molecule has 1 unspecified atom stereocenters. The Bertz CT molecular complexity index is 993. The normalized spacial score (nSPS) is 18.4. The summed E-state index contributed by atoms with van der Waals surface area (Å²) in [5.74, 6) is -0.859. The monoisotopic (exact) mass is 456 g/mol. The Morgan fingerprint density at radius 1 is 1.03 bits per heavy atom. The fourth-order valence-electron chi connectivity index (χ4n) is 2.80. The van der Waals surface area contributed by atoms with Crippen molar-refractivity contribution in [2.45, 2.75) is 30.0 Å². The van der Waals surface area contributed by atoms with E-state index in [4.69, 9.17) is 4.74 Å². The SMILES string of the molecule is O=S(=O)(c1ccc(OC(F)(F)F)cc1)N1CCC(Oc2cc(C(F)(F)F)ccn2)C1. The molecule has 1 aliphatic heterocycles. The molecule has 1 fully saturated rings. The van der Waals surface area contributed by atoms with E-state index in [0.717, 1.165) is 46.9 Å². The molecule has 0 saturated carbocycles. The van der Waals surface area contributed by atoms with Gasteiger partial charge in [-0.3, -0.25) is 0 Å². The molecule has 1 aromatic carbocycles. The fourth-order valence-corrected chi connectivity index (χ4v) is 4.28. The Labute approximate surface area is 167 Å². The van der Waals surface area contributed by atoms with Crippen LogP contribution in [-0.4, -0.2) is 43.3 Å². The minimum Gasteiger partial charge on any atom is -0.473 e. The van der Waals surface area contributed by atoms with Crippen LogP contribution in [0.3, 0.4) is 0 Å². The topological polar surface area (TPSA) is 68.7 Å². The van der Waals surface area contributed by atoms with Gasteiger partial charge in [0.2, 0.25) is 15.9 Å². The van der Waals surface area contributed by atoms with Gasteiger partial charge in [0.1, 0.15) is 11.9 Å². The molecule has 2 aromatic rings. The summed E-state index contributed by atoms with van der Waals surface area (Å²) >= 11 is 0. The molecule has 0 N–H and O–H groups in total. The highest BCUT2D eigenvalue weighted by atomic mass is 32.2. The maximum Gasteiger partial charge on any atom is 0.573 e. The second-order valence-electron chi connectivity index (χ2n) is 6.29. The maximum atomic E-state index is 12.8. The number of alkyl halides is 6. The Balaban J connectivity index is 1.67. The van der Waals surface area contributed by atoms with E-state index in [1.165, 1.54) is 0 Å². The predicted octanol–water partition coefficient (Wildman–Crippen LogP) is 3.84. The van der Waals surface area contributed by atoms with E-state index in [-0.39, 0.29) is 30.3 Å². The Kier molecular flexibility index (Phi) is 5.87. The average Bonchev–Trinajstić information content (AvgIpc) is 3.10. The lowest BCUT2D eigenvalue weighted by Gasteiger charge is -2.18. The van der Waals surface area contributed by atoms with Crippen LogP contribution in [0.2, 0.25) is 0 Å². The van der Waals surface area contributed by atoms with E-state index in [1.54, 1.807) is 0 Å². The van der Waals surface area contributed by atoms with E-state index < -0.39 is 40.0 Å². The summed E-state index contributed by atoms with van der Waals surface area (Å²) in [6.45, 7) is -0.131. The van der Waals surface area contributed by atoms with Crippen LogP contribution in [0.4, 0.5) is 26.3 Å². The molecule has 3 rings (SSSR count). The van der Waals surface area contributed by atoms with Crippen molar-refractivity contribution in [2.75, 3.05) is 13.1 Å². The molecule has 13 heteroatoms. The number of hydrogen-bond donors (Lipinski definition) is 0. The molecule has 0 spiro atoms. The number of aromatic nitrogens is 1. The molecule has 1 atom stereocenters. The minimum absolute atomic E-state index is 0.0206. The summed E-state index contributed by atoms with van der Waals surface area (Å²) in [4.78, 5) is 3.45. The zero-order chi connectivity index (χ0) is 22.2. The fraction of sp³-hybridized carbons (Fsp3) is 0.353. The van der Waals surface area contributed by atoms with Crippen LogP contribution < -0.4 is 9.47 Å². The molecule has 0 aliphatic carbocycles. The lowest BCUT2D eigenvalue weighted by atomic mass is 10.2. The summed E-state index contributed by atoms with van der Waals surface area (Å²) in [6, 6.07) is 5.19. The van der Waals surface area contributed by atoms with Crippen LogP contribution in [0.15, 0.2) is 47.5 Å². The number of hydrogen-bond acceptors (Lipinski definition) is 5. The zero-order valence-corrected chi connectivity index (χ0v) is 15.8. The van der Waals surface area contributed by atoms with Crippen molar-refractivity contribution >= 4 is 10.0 Å². The van der Waals surface area contributed by atoms with Gasteiger partial charge in [0.25, 0.3) is 0 Å². The molecule has 30 heavy (non-hydrogen) atoms. The van der Waals surface area contributed by atoms with Crippen molar-refractivity contribution in [2.24, 2.45) is 0 Å². The molecule has 1 aromatic heterocycles. The van der Waals surface area contributed by atoms with Crippen molar-refractivity contribution in [1.82, 2.24) is 9.29 Å². The molecule has 1 saturated heterocycles. The Morgan fingerprint density at radius 3 is 2.30 bits per heavy atom. The maximum absolute atomic E-state index is 12.8. The third-order valence-corrected chi connectivity index (χ3v) is 6.03. The van der Waals surface area contributed by atoms with Gasteiger partial charge in [-0.25, -0.2) is 13.4 Å². The highest BCUT2D eigenvalue weighted by Gasteiger charge is 2.36. The van der Waals surface area contributed by atoms with Crippen LogP contribution in [-0.2, 0) is 16.2 Å². The summed E-state index contributed by atoms with van der Waals surface area (Å²) in [6.07, 6.45) is -9.08. The van der Waals surface area contributed by atoms with Gasteiger partial charge in [0.15, 0.2) is 0 Å². The number of pyridine rings is 1. The van der Waals surface area contributed by atoms with E-state index in [9.17, 15) is 34.8 Å². The van der Waals surface area contributed by atoms with Gasteiger partial charge in [-0.05, 0) is 36.8 Å². The Hall–Kier alpha value is -2.54. The third kappa shape index (κ3) is 5.33. The number of halogens is 6. The standard InChI is InChI=1S/C17H14F6N2O4S/c18-16(19,20)11-5-7-24-15(9-11)28-13-6-8-25(10-13)30(26,27)14-3-1-12(2-4-14)29-17(21,22)23/h1-5,7,9,13H,6,8,10H2. The molecule has 2 heterocycles. The third-order valence-electron chi connectivity index (χ3n) is 4.15. The molecular weight excluding hydrogens is 442 g/mol. The smallest absolute Gasteiger partial charge is 0.473 e. The van der Waals surface area contributed by atoms with Gasteiger partial charge in [-0.2, -0.15) is 17.5 Å². The molecule has 0 bridgehead atoms. The van der Waals surface area contributed by atoms with Crippen molar-refractivity contribution in [3.63, 3.8) is 0 Å². The van der Waals surface area contributed by atoms with E-state index in [0.29, 0.717) is 0 Å². The molecule has 0 amide bonds. The molecule has 164 valence electrons. The van der Waals surface area contributed by atoms with Gasteiger partial charge in [0, 0.05) is 18.8 Å². The van der Waals surface area contributed by atoms with Gasteiger partial charge in [-0.1, -0.05) is 0 Å². The summed E-state index contributed by atoms with van der Waals surface area (Å²) in [7, 11) is -4.04. The summed E-state index contributed by atoms with van der Waals surface area (Å²) in [5.41, 5.74) is -0.948. The highest BCUT2D eigenvalue weighted by Crippen LogP contribution is 2.31. The number of benzene rings is 1. The lowest BCUT2D eigenvalue weighted by Crippen LogP contribution is -2.31. The molecular formula is C17H14F6N2O4S. The Morgan fingerprint density at radius 2 is 1.70 bits per heavy atom. The molecule has 1 aliphatic rings. The molecule has 0 radical (unpaired) electrons. The average molecular weight is 456 g/mol. The lowest BCUT2D eigenvalue weighted by molar-refractivity contribution is -0.274. The van der Waals surface area contributed by atoms with Crippen molar-refractivity contribution in [1.29, 1.82) is 0 Å². The first kappa shape index (κ1) is 22.2. The first-order chi connectivity index (χ1) is 13.8. The van der Waals surface area contributed by atoms with Crippen molar-refractivity contribution < 1.29 is 44.2 Å². The summed E-state index contributed by atoms with van der Waals surface area (Å²) in [5, 5.41) is 0. The van der Waals surface area contributed by atoms with Crippen LogP contribution >= 0.6 is 0 Å². The van der Waals surface area contributed by atoms with Gasteiger partial charge >= 0.3 is 12.5 Å².